The number of halogens is 5. The molecule has 96 valence electrons. The van der Waals surface area contributed by atoms with Gasteiger partial charge >= 0.3 is 6.18 Å². The average Bonchev–Trinajstić information content (AvgIpc) is 2.13. The third-order valence-electron chi connectivity index (χ3n) is 2.72. The summed E-state index contributed by atoms with van der Waals surface area (Å²) in [6.45, 7) is 0.566. The minimum Gasteiger partial charge on any atom is -0.319 e. The lowest BCUT2D eigenvalue weighted by atomic mass is 9.84. The van der Waals surface area contributed by atoms with E-state index in [1.54, 1.807) is 0 Å². The van der Waals surface area contributed by atoms with Crippen LogP contribution in [-0.4, -0.2) is 13.1 Å². The number of hydrogen-bond donors (Lipinski definition) is 2. The third kappa shape index (κ3) is 2.38. The molecule has 1 aliphatic heterocycles. The first-order valence-electron chi connectivity index (χ1n) is 4.70. The van der Waals surface area contributed by atoms with Crippen LogP contribution >= 0.6 is 12.4 Å². The van der Waals surface area contributed by atoms with Crippen LogP contribution in [0.15, 0.2) is 18.2 Å². The molecule has 0 saturated carbocycles. The summed E-state index contributed by atoms with van der Waals surface area (Å²) in [7, 11) is 0. The molecule has 1 saturated heterocycles. The van der Waals surface area contributed by atoms with Gasteiger partial charge in [-0.25, -0.2) is 4.39 Å². The summed E-state index contributed by atoms with van der Waals surface area (Å²) in [6, 6.07) is 3.19. The molecule has 0 amide bonds. The van der Waals surface area contributed by atoms with Crippen molar-refractivity contribution in [2.75, 3.05) is 13.1 Å². The summed E-state index contributed by atoms with van der Waals surface area (Å²) in [4.78, 5) is 0. The quantitative estimate of drug-likeness (QED) is 0.767. The molecule has 2 rings (SSSR count). The summed E-state index contributed by atoms with van der Waals surface area (Å²) < 4.78 is 51.0. The summed E-state index contributed by atoms with van der Waals surface area (Å²) in [6.07, 6.45) is -4.69. The van der Waals surface area contributed by atoms with Crippen LogP contribution in [0, 0.1) is 5.82 Å². The van der Waals surface area contributed by atoms with Gasteiger partial charge < -0.3 is 11.1 Å². The van der Waals surface area contributed by atoms with Gasteiger partial charge in [-0.05, 0) is 6.07 Å². The fourth-order valence-corrected chi connectivity index (χ4v) is 1.72. The van der Waals surface area contributed by atoms with E-state index in [9.17, 15) is 17.6 Å². The Morgan fingerprint density at radius 2 is 1.82 bits per heavy atom. The van der Waals surface area contributed by atoms with E-state index in [2.05, 4.69) is 5.32 Å². The maximum Gasteiger partial charge on any atom is 0.419 e. The molecule has 1 heterocycles. The Balaban J connectivity index is 0.00000144. The lowest BCUT2D eigenvalue weighted by molar-refractivity contribution is -0.140. The normalized spacial score (nSPS) is 18.2. The van der Waals surface area contributed by atoms with Gasteiger partial charge in [0.15, 0.2) is 0 Å². The van der Waals surface area contributed by atoms with Crippen molar-refractivity contribution in [3.63, 3.8) is 0 Å². The Morgan fingerprint density at radius 1 is 1.24 bits per heavy atom. The first kappa shape index (κ1) is 14.2. The minimum atomic E-state index is -4.69. The Bertz CT molecular complexity index is 415. The van der Waals surface area contributed by atoms with Crippen LogP contribution in [0.4, 0.5) is 17.6 Å². The molecule has 0 bridgehead atoms. The molecule has 17 heavy (non-hydrogen) atoms. The number of nitrogens with two attached hydrogens (primary N) is 1. The number of alkyl halides is 3. The lowest BCUT2D eigenvalue weighted by Crippen LogP contribution is -2.63. The number of hydrogen-bond acceptors (Lipinski definition) is 2. The molecule has 1 fully saturated rings. The summed E-state index contributed by atoms with van der Waals surface area (Å²) >= 11 is 0. The van der Waals surface area contributed by atoms with Crippen molar-refractivity contribution in [3.05, 3.63) is 35.1 Å². The van der Waals surface area contributed by atoms with E-state index in [0.29, 0.717) is 6.07 Å². The molecular weight excluding hydrogens is 260 g/mol. The minimum absolute atomic E-state index is 0. The second-order valence-corrected chi connectivity index (χ2v) is 3.92. The molecule has 1 aliphatic rings. The zero-order valence-corrected chi connectivity index (χ0v) is 9.46. The van der Waals surface area contributed by atoms with E-state index in [-0.39, 0.29) is 31.1 Å². The molecule has 2 nitrogen and oxygen atoms in total. The summed E-state index contributed by atoms with van der Waals surface area (Å²) in [5.74, 6) is -1.26. The Kier molecular flexibility index (Phi) is 3.71. The molecule has 1 aromatic carbocycles. The number of nitrogens with one attached hydrogen (secondary N) is 1. The molecule has 0 unspecified atom stereocenters. The second kappa shape index (κ2) is 4.44. The molecule has 0 radical (unpaired) electrons. The zero-order valence-electron chi connectivity index (χ0n) is 8.64. The van der Waals surface area contributed by atoms with Gasteiger partial charge in [0.2, 0.25) is 0 Å². The van der Waals surface area contributed by atoms with Gasteiger partial charge in [0.05, 0.1) is 11.1 Å². The molecule has 0 atom stereocenters. The molecule has 0 spiro atoms. The van der Waals surface area contributed by atoms with Crippen LogP contribution in [-0.2, 0) is 11.7 Å². The van der Waals surface area contributed by atoms with E-state index >= 15 is 0 Å². The molecule has 0 aromatic heterocycles. The van der Waals surface area contributed by atoms with E-state index < -0.39 is 23.1 Å². The zero-order chi connectivity index (χ0) is 12.0. The van der Waals surface area contributed by atoms with Gasteiger partial charge in [-0.3, -0.25) is 0 Å². The van der Waals surface area contributed by atoms with Gasteiger partial charge in [0.1, 0.15) is 5.82 Å². The van der Waals surface area contributed by atoms with Crippen molar-refractivity contribution in [2.45, 2.75) is 11.7 Å². The average molecular weight is 271 g/mol. The predicted molar refractivity (Wildman–Crippen MR) is 57.4 cm³/mol. The molecule has 1 aromatic rings. The fourth-order valence-electron chi connectivity index (χ4n) is 1.72. The maximum absolute atomic E-state index is 13.7. The Hall–Kier alpha value is -0.850. The van der Waals surface area contributed by atoms with Gasteiger partial charge in [-0.2, -0.15) is 13.2 Å². The molecule has 7 heteroatoms. The van der Waals surface area contributed by atoms with Crippen LogP contribution in [0.2, 0.25) is 0 Å². The number of benzene rings is 1. The maximum atomic E-state index is 13.7. The standard InChI is InChI=1S/C10H10F4N2.ClH/c11-8-6(9(15)4-16-5-9)2-1-3-7(8)10(12,13)14;/h1-3,16H,4-5,15H2;1H. The van der Waals surface area contributed by atoms with Gasteiger partial charge in [0, 0.05) is 18.7 Å². The van der Waals surface area contributed by atoms with Gasteiger partial charge in [-0.1, -0.05) is 12.1 Å². The Morgan fingerprint density at radius 3 is 2.24 bits per heavy atom. The van der Waals surface area contributed by atoms with Crippen LogP contribution in [0.3, 0.4) is 0 Å². The van der Waals surface area contributed by atoms with Crippen molar-refractivity contribution in [1.29, 1.82) is 0 Å². The smallest absolute Gasteiger partial charge is 0.319 e. The predicted octanol–water partition coefficient (Wildman–Crippen LogP) is 2.02. The lowest BCUT2D eigenvalue weighted by Gasteiger charge is -2.39. The highest BCUT2D eigenvalue weighted by molar-refractivity contribution is 5.85. The molecular formula is C10H11ClF4N2. The van der Waals surface area contributed by atoms with E-state index in [1.807, 2.05) is 0 Å². The van der Waals surface area contributed by atoms with Crippen LogP contribution < -0.4 is 11.1 Å². The monoisotopic (exact) mass is 270 g/mol. The second-order valence-electron chi connectivity index (χ2n) is 3.92. The van der Waals surface area contributed by atoms with Crippen molar-refractivity contribution in [3.8, 4) is 0 Å². The fraction of sp³-hybridized carbons (Fsp3) is 0.400. The van der Waals surface area contributed by atoms with Gasteiger partial charge in [-0.15, -0.1) is 12.4 Å². The molecule has 3 N–H and O–H groups in total. The topological polar surface area (TPSA) is 38.0 Å². The van der Waals surface area contributed by atoms with E-state index in [4.69, 9.17) is 5.73 Å². The van der Waals surface area contributed by atoms with Crippen molar-refractivity contribution < 1.29 is 17.6 Å². The first-order valence-corrected chi connectivity index (χ1v) is 4.70. The van der Waals surface area contributed by atoms with E-state index in [0.717, 1.165) is 0 Å². The first-order chi connectivity index (χ1) is 7.34. The highest BCUT2D eigenvalue weighted by atomic mass is 35.5. The van der Waals surface area contributed by atoms with Crippen molar-refractivity contribution in [2.24, 2.45) is 5.73 Å². The largest absolute Gasteiger partial charge is 0.419 e. The highest BCUT2D eigenvalue weighted by Gasteiger charge is 2.41. The van der Waals surface area contributed by atoms with Crippen LogP contribution in [0.25, 0.3) is 0 Å². The van der Waals surface area contributed by atoms with Crippen LogP contribution in [0.5, 0.6) is 0 Å². The summed E-state index contributed by atoms with van der Waals surface area (Å²) in [5.41, 5.74) is 3.40. The van der Waals surface area contributed by atoms with Crippen molar-refractivity contribution >= 4 is 12.4 Å². The molecule has 0 aliphatic carbocycles. The van der Waals surface area contributed by atoms with Crippen molar-refractivity contribution in [1.82, 2.24) is 5.32 Å². The highest BCUT2D eigenvalue weighted by Crippen LogP contribution is 2.35. The third-order valence-corrected chi connectivity index (χ3v) is 2.72. The van der Waals surface area contributed by atoms with Crippen LogP contribution in [0.1, 0.15) is 11.1 Å². The Labute approximate surface area is 102 Å². The van der Waals surface area contributed by atoms with E-state index in [1.165, 1.54) is 12.1 Å². The van der Waals surface area contributed by atoms with Gasteiger partial charge in [0.25, 0.3) is 0 Å². The number of rotatable bonds is 1. The SMILES string of the molecule is Cl.NC1(c2cccc(C(F)(F)F)c2F)CNC1. The summed E-state index contributed by atoms with van der Waals surface area (Å²) in [5, 5.41) is 2.81.